The van der Waals surface area contributed by atoms with E-state index in [1.807, 2.05) is 0 Å². The Balaban J connectivity index is 5.42. The highest BCUT2D eigenvalue weighted by Crippen LogP contribution is 2.34. The van der Waals surface area contributed by atoms with E-state index in [1.165, 1.54) is 0 Å². The Morgan fingerprint density at radius 1 is 0.524 bits per heavy atom. The van der Waals surface area contributed by atoms with Crippen LogP contribution in [0.4, 0.5) is 0 Å². The Morgan fingerprint density at radius 2 is 0.810 bits per heavy atom. The van der Waals surface area contributed by atoms with E-state index in [0.29, 0.717) is 0 Å². The Labute approximate surface area is 136 Å². The largest absolute Gasteiger partial charge is 0.479 e. The van der Waals surface area contributed by atoms with Gasteiger partial charge in [-0.15, -0.1) is 0 Å². The first-order valence-corrected chi connectivity index (χ1v) is 15.8. The molecule has 0 aliphatic heterocycles. The van der Waals surface area contributed by atoms with Crippen molar-refractivity contribution < 1.29 is 12.7 Å². The third kappa shape index (κ3) is 5.28. The van der Waals surface area contributed by atoms with Gasteiger partial charge in [-0.3, -0.25) is 0 Å². The molecule has 0 atom stereocenters. The van der Waals surface area contributed by atoms with Crippen LogP contribution in [0.5, 0.6) is 0 Å². The highest BCUT2D eigenvalue weighted by atomic mass is 28.5. The Morgan fingerprint density at radius 3 is 0.952 bits per heavy atom. The second-order valence-corrected chi connectivity index (χ2v) is 19.0. The lowest BCUT2D eigenvalue weighted by Gasteiger charge is -2.43. The predicted molar refractivity (Wildman–Crippen MR) is 99.8 cm³/mol. The van der Waals surface area contributed by atoms with Crippen LogP contribution in [0.1, 0.15) is 48.5 Å². The monoisotopic (exact) mass is 350 g/mol. The van der Waals surface area contributed by atoms with Crippen molar-refractivity contribution in [1.82, 2.24) is 0 Å². The summed E-state index contributed by atoms with van der Waals surface area (Å²) in [6.45, 7) is 15.8. The van der Waals surface area contributed by atoms with Gasteiger partial charge >= 0.3 is 8.80 Å². The zero-order chi connectivity index (χ0) is 16.6. The van der Waals surface area contributed by atoms with E-state index in [4.69, 9.17) is 12.7 Å². The summed E-state index contributed by atoms with van der Waals surface area (Å²) in [5, 5.41) is 0. The van der Waals surface area contributed by atoms with Crippen molar-refractivity contribution in [1.29, 1.82) is 0 Å². The minimum absolute atomic E-state index is 0.896. The number of hydrogen-bond donors (Lipinski definition) is 0. The number of hydrogen-bond acceptors (Lipinski definition) is 3. The average molecular weight is 351 g/mol. The quantitative estimate of drug-likeness (QED) is 0.427. The standard InChI is InChI=1S/C15H38O3Si3/c1-9-19(10-2,11-3)17-21(15-7,16-8)18-20(12-4,13-5)14-6/h9-15H2,1-8H3. The summed E-state index contributed by atoms with van der Waals surface area (Å²) >= 11 is 0. The van der Waals surface area contributed by atoms with Crippen LogP contribution in [0, 0.1) is 0 Å². The molecule has 0 N–H and O–H groups in total. The van der Waals surface area contributed by atoms with Gasteiger partial charge in [0.05, 0.1) is 0 Å². The molecule has 128 valence electrons. The number of rotatable bonds is 12. The lowest BCUT2D eigenvalue weighted by atomic mass is 10.9. The fraction of sp³-hybridized carbons (Fsp3) is 1.00. The van der Waals surface area contributed by atoms with Gasteiger partial charge in [-0.05, 0) is 36.3 Å². The van der Waals surface area contributed by atoms with Crippen molar-refractivity contribution in [2.75, 3.05) is 7.11 Å². The molecule has 0 radical (unpaired) electrons. The van der Waals surface area contributed by atoms with Crippen molar-refractivity contribution in [2.45, 2.75) is 90.8 Å². The van der Waals surface area contributed by atoms with Crippen LogP contribution in [-0.2, 0) is 12.7 Å². The molecule has 0 aromatic carbocycles. The minimum Gasteiger partial charge on any atom is -0.416 e. The van der Waals surface area contributed by atoms with Gasteiger partial charge in [0.2, 0.25) is 0 Å². The molecule has 0 unspecified atom stereocenters. The summed E-state index contributed by atoms with van der Waals surface area (Å²) in [7, 11) is -4.11. The molecule has 0 saturated heterocycles. The van der Waals surface area contributed by atoms with Gasteiger partial charge in [0.15, 0.2) is 16.6 Å². The van der Waals surface area contributed by atoms with Gasteiger partial charge in [0, 0.05) is 13.2 Å². The molecule has 0 aliphatic rings. The van der Waals surface area contributed by atoms with Crippen LogP contribution >= 0.6 is 0 Å². The van der Waals surface area contributed by atoms with Gasteiger partial charge in [0.25, 0.3) is 0 Å². The Hall–Kier alpha value is 0.531. The van der Waals surface area contributed by atoms with E-state index in [-0.39, 0.29) is 0 Å². The molecule has 6 heteroatoms. The second-order valence-electron chi connectivity index (χ2n) is 5.93. The molecule has 0 fully saturated rings. The zero-order valence-corrected chi connectivity index (χ0v) is 18.7. The summed E-state index contributed by atoms with van der Waals surface area (Å²) in [4.78, 5) is 0. The SMILES string of the molecule is CC[Si](CC)(CC)O[Si](CC)(OC)O[Si](CC)(CC)CC. The summed E-state index contributed by atoms with van der Waals surface area (Å²) in [6.07, 6.45) is 0. The van der Waals surface area contributed by atoms with Crippen LogP contribution in [0.3, 0.4) is 0 Å². The lowest BCUT2D eigenvalue weighted by Crippen LogP contribution is -2.59. The van der Waals surface area contributed by atoms with Crippen molar-refractivity contribution in [3.63, 3.8) is 0 Å². The molecule has 0 rings (SSSR count). The fourth-order valence-corrected chi connectivity index (χ4v) is 17.4. The Kier molecular flexibility index (Phi) is 9.86. The highest BCUT2D eigenvalue weighted by Gasteiger charge is 2.50. The maximum Gasteiger partial charge on any atom is 0.479 e. The molecular formula is C15H38O3Si3. The first kappa shape index (κ1) is 21.5. The van der Waals surface area contributed by atoms with Crippen molar-refractivity contribution >= 4 is 25.4 Å². The Bertz CT molecular complexity index is 235. The topological polar surface area (TPSA) is 27.7 Å². The lowest BCUT2D eigenvalue weighted by molar-refractivity contribution is 0.195. The van der Waals surface area contributed by atoms with E-state index in [9.17, 15) is 0 Å². The van der Waals surface area contributed by atoms with Crippen LogP contribution in [0.2, 0.25) is 42.3 Å². The minimum atomic E-state index is -2.52. The molecule has 21 heavy (non-hydrogen) atoms. The van der Waals surface area contributed by atoms with Gasteiger partial charge in [-0.25, -0.2) is 0 Å². The van der Waals surface area contributed by atoms with Crippen molar-refractivity contribution in [3.8, 4) is 0 Å². The molecule has 0 heterocycles. The van der Waals surface area contributed by atoms with Crippen molar-refractivity contribution in [2.24, 2.45) is 0 Å². The molecule has 0 spiro atoms. The fourth-order valence-electron chi connectivity index (χ4n) is 2.99. The molecule has 0 aliphatic carbocycles. The van der Waals surface area contributed by atoms with Gasteiger partial charge in [-0.1, -0.05) is 48.5 Å². The van der Waals surface area contributed by atoms with Crippen molar-refractivity contribution in [3.05, 3.63) is 0 Å². The zero-order valence-electron chi connectivity index (χ0n) is 15.7. The smallest absolute Gasteiger partial charge is 0.416 e. The van der Waals surface area contributed by atoms with Crippen LogP contribution < -0.4 is 0 Å². The second kappa shape index (κ2) is 9.62. The molecule has 0 aromatic rings. The van der Waals surface area contributed by atoms with Crippen LogP contribution in [-0.4, -0.2) is 32.5 Å². The van der Waals surface area contributed by atoms with Gasteiger partial charge < -0.3 is 12.7 Å². The normalized spacial score (nSPS) is 13.7. The van der Waals surface area contributed by atoms with Gasteiger partial charge in [-0.2, -0.15) is 0 Å². The van der Waals surface area contributed by atoms with E-state index in [2.05, 4.69) is 48.5 Å². The summed E-state index contributed by atoms with van der Waals surface area (Å²) in [5.74, 6) is 0. The third-order valence-electron chi connectivity index (χ3n) is 5.35. The summed E-state index contributed by atoms with van der Waals surface area (Å²) in [5.41, 5.74) is 0. The predicted octanol–water partition coefficient (Wildman–Crippen LogP) is 5.64. The maximum absolute atomic E-state index is 6.80. The third-order valence-corrected chi connectivity index (χ3v) is 20.5. The highest BCUT2D eigenvalue weighted by molar-refractivity contribution is 6.87. The molecule has 0 aromatic heterocycles. The molecular weight excluding hydrogens is 312 g/mol. The van der Waals surface area contributed by atoms with E-state index < -0.39 is 25.4 Å². The van der Waals surface area contributed by atoms with E-state index >= 15 is 0 Å². The van der Waals surface area contributed by atoms with Crippen LogP contribution in [0.15, 0.2) is 0 Å². The average Bonchev–Trinajstić information content (AvgIpc) is 2.57. The molecule has 0 amide bonds. The maximum atomic E-state index is 6.80. The molecule has 3 nitrogen and oxygen atoms in total. The van der Waals surface area contributed by atoms with E-state index in [0.717, 1.165) is 42.3 Å². The van der Waals surface area contributed by atoms with Crippen LogP contribution in [0.25, 0.3) is 0 Å². The van der Waals surface area contributed by atoms with E-state index in [1.54, 1.807) is 7.11 Å². The summed E-state index contributed by atoms with van der Waals surface area (Å²) in [6, 6.07) is 7.81. The molecule has 0 saturated carbocycles. The molecule has 0 bridgehead atoms. The van der Waals surface area contributed by atoms with Gasteiger partial charge in [0.1, 0.15) is 0 Å². The first-order chi connectivity index (χ1) is 9.90. The summed E-state index contributed by atoms with van der Waals surface area (Å²) < 4.78 is 19.6. The first-order valence-electron chi connectivity index (χ1n) is 8.85.